The van der Waals surface area contributed by atoms with Gasteiger partial charge in [-0.15, -0.1) is 0 Å². The van der Waals surface area contributed by atoms with Gasteiger partial charge in [0.25, 0.3) is 0 Å². The van der Waals surface area contributed by atoms with Gasteiger partial charge in [-0.3, -0.25) is 0 Å². The maximum Gasteiger partial charge on any atom is 0.00331 e. The summed E-state index contributed by atoms with van der Waals surface area (Å²) >= 11 is 0. The Bertz CT molecular complexity index is 540. The molecule has 0 heterocycles. The molecule has 0 spiro atoms. The zero-order valence-electron chi connectivity index (χ0n) is 15.0. The summed E-state index contributed by atoms with van der Waals surface area (Å²) in [4.78, 5) is 0. The maximum atomic E-state index is 4.43. The Kier molecular flexibility index (Phi) is 5.32. The minimum atomic E-state index is 0.538. The van der Waals surface area contributed by atoms with Gasteiger partial charge in [0.2, 0.25) is 0 Å². The van der Waals surface area contributed by atoms with Crippen molar-refractivity contribution in [2.45, 2.75) is 47.5 Å². The van der Waals surface area contributed by atoms with Crippen molar-refractivity contribution in [1.29, 1.82) is 0 Å². The van der Waals surface area contributed by atoms with Crippen LogP contribution in [-0.2, 0) is 0 Å². The Balaban J connectivity index is 1.94. The number of hydrogen-bond donors (Lipinski definition) is 0. The van der Waals surface area contributed by atoms with Crippen molar-refractivity contribution >= 4 is 0 Å². The van der Waals surface area contributed by atoms with Gasteiger partial charge < -0.3 is 0 Å². The molecule has 2 aliphatic carbocycles. The van der Waals surface area contributed by atoms with E-state index in [4.69, 9.17) is 0 Å². The topological polar surface area (TPSA) is 0 Å². The quantitative estimate of drug-likeness (QED) is 0.491. The third-order valence-corrected chi connectivity index (χ3v) is 5.68. The molecule has 0 aromatic carbocycles. The molecule has 0 bridgehead atoms. The lowest BCUT2D eigenvalue weighted by molar-refractivity contribution is 0.403. The van der Waals surface area contributed by atoms with Gasteiger partial charge in [-0.2, -0.15) is 0 Å². The molecular weight excluding hydrogens is 264 g/mol. The summed E-state index contributed by atoms with van der Waals surface area (Å²) in [6.07, 6.45) is 11.7. The van der Waals surface area contributed by atoms with Gasteiger partial charge in [-0.1, -0.05) is 80.5 Å². The van der Waals surface area contributed by atoms with E-state index in [1.807, 2.05) is 0 Å². The first kappa shape index (κ1) is 17.1. The molecule has 2 rings (SSSR count). The lowest BCUT2D eigenvalue weighted by Crippen LogP contribution is -2.15. The molecule has 5 atom stereocenters. The van der Waals surface area contributed by atoms with Crippen LogP contribution >= 0.6 is 0 Å². The van der Waals surface area contributed by atoms with E-state index < -0.39 is 0 Å². The van der Waals surface area contributed by atoms with Crippen LogP contribution in [0.1, 0.15) is 47.5 Å². The molecule has 0 aromatic heterocycles. The summed E-state index contributed by atoms with van der Waals surface area (Å²) in [5, 5.41) is 0. The maximum absolute atomic E-state index is 4.43. The molecule has 0 amide bonds. The van der Waals surface area contributed by atoms with Gasteiger partial charge in [0.15, 0.2) is 0 Å². The average Bonchev–Trinajstić information content (AvgIpc) is 2.95. The molecule has 0 nitrogen and oxygen atoms in total. The van der Waals surface area contributed by atoms with E-state index >= 15 is 0 Å². The highest BCUT2D eigenvalue weighted by atomic mass is 14.4. The zero-order chi connectivity index (χ0) is 16.4. The predicted molar refractivity (Wildman–Crippen MR) is 98.6 cm³/mol. The summed E-state index contributed by atoms with van der Waals surface area (Å²) in [5.41, 5.74) is 5.67. The normalized spacial score (nSPS) is 31.9. The predicted octanol–water partition coefficient (Wildman–Crippen LogP) is 6.50. The smallest absolute Gasteiger partial charge is 0.00331 e. The van der Waals surface area contributed by atoms with E-state index in [1.54, 1.807) is 0 Å². The van der Waals surface area contributed by atoms with Crippen molar-refractivity contribution in [3.63, 3.8) is 0 Å². The van der Waals surface area contributed by atoms with Crippen LogP contribution in [0.25, 0.3) is 0 Å². The van der Waals surface area contributed by atoms with Crippen LogP contribution in [0, 0.1) is 29.6 Å². The summed E-state index contributed by atoms with van der Waals surface area (Å²) in [5.74, 6) is 3.07. The van der Waals surface area contributed by atoms with Gasteiger partial charge in [0.05, 0.1) is 0 Å². The summed E-state index contributed by atoms with van der Waals surface area (Å²) in [7, 11) is 0. The van der Waals surface area contributed by atoms with Gasteiger partial charge in [0.1, 0.15) is 0 Å². The molecule has 0 saturated heterocycles. The highest BCUT2D eigenvalue weighted by Crippen LogP contribution is 2.42. The van der Waals surface area contributed by atoms with E-state index in [9.17, 15) is 0 Å². The minimum absolute atomic E-state index is 0.538. The first-order chi connectivity index (χ1) is 10.3. The molecule has 0 radical (unpaired) electrons. The van der Waals surface area contributed by atoms with Gasteiger partial charge >= 0.3 is 0 Å². The molecular formula is C22H32. The molecule has 0 fully saturated rings. The SMILES string of the molecule is C=C(CC1C=CC(C[C@H](C)C(=C)C)=C1)C1C(C)=CC(C)C1C. The fourth-order valence-corrected chi connectivity index (χ4v) is 3.94. The van der Waals surface area contributed by atoms with Crippen molar-refractivity contribution in [2.24, 2.45) is 29.6 Å². The molecule has 4 unspecified atom stereocenters. The molecule has 0 aromatic rings. The number of hydrogen-bond acceptors (Lipinski definition) is 0. The van der Waals surface area contributed by atoms with Crippen LogP contribution < -0.4 is 0 Å². The van der Waals surface area contributed by atoms with E-state index in [-0.39, 0.29) is 0 Å². The van der Waals surface area contributed by atoms with Gasteiger partial charge in [-0.05, 0) is 50.4 Å². The second-order valence-corrected chi connectivity index (χ2v) is 7.69. The van der Waals surface area contributed by atoms with E-state index in [2.05, 4.69) is 72.1 Å². The third-order valence-electron chi connectivity index (χ3n) is 5.68. The van der Waals surface area contributed by atoms with Crippen molar-refractivity contribution in [1.82, 2.24) is 0 Å². The fourth-order valence-electron chi connectivity index (χ4n) is 3.94. The first-order valence-corrected chi connectivity index (χ1v) is 8.69. The van der Waals surface area contributed by atoms with Gasteiger partial charge in [0, 0.05) is 5.92 Å². The van der Waals surface area contributed by atoms with Crippen LogP contribution in [-0.4, -0.2) is 0 Å². The summed E-state index contributed by atoms with van der Waals surface area (Å²) in [6.45, 7) is 19.9. The molecule has 0 N–H and O–H groups in total. The summed E-state index contributed by atoms with van der Waals surface area (Å²) in [6, 6.07) is 0. The zero-order valence-corrected chi connectivity index (χ0v) is 15.0. The van der Waals surface area contributed by atoms with Crippen LogP contribution in [0.15, 0.2) is 59.8 Å². The number of allylic oxidation sites excluding steroid dienone is 8. The first-order valence-electron chi connectivity index (χ1n) is 8.69. The van der Waals surface area contributed by atoms with Crippen LogP contribution in [0.4, 0.5) is 0 Å². The highest BCUT2D eigenvalue weighted by Gasteiger charge is 2.31. The Morgan fingerprint density at radius 3 is 2.45 bits per heavy atom. The second kappa shape index (κ2) is 6.86. The molecule has 0 aliphatic heterocycles. The van der Waals surface area contributed by atoms with Crippen LogP contribution in [0.2, 0.25) is 0 Å². The average molecular weight is 296 g/mol. The monoisotopic (exact) mass is 296 g/mol. The number of rotatable bonds is 6. The molecule has 0 heteroatoms. The standard InChI is InChI=1S/C22H32/c1-14(2)15(3)11-20-8-9-21(13-20)12-18(6)22-17(5)10-16(4)19(22)7/h8-10,13,15-16,19,21-22H,1,6,11-12H2,2-5,7H3/t15-,16?,19?,21?,22?/m0/s1. The van der Waals surface area contributed by atoms with Crippen molar-refractivity contribution in [3.05, 3.63) is 59.8 Å². The Morgan fingerprint density at radius 1 is 1.23 bits per heavy atom. The van der Waals surface area contributed by atoms with Gasteiger partial charge in [-0.25, -0.2) is 0 Å². The van der Waals surface area contributed by atoms with Crippen LogP contribution in [0.5, 0.6) is 0 Å². The molecule has 2 aliphatic rings. The van der Waals surface area contributed by atoms with Crippen LogP contribution in [0.3, 0.4) is 0 Å². The van der Waals surface area contributed by atoms with Crippen molar-refractivity contribution in [3.8, 4) is 0 Å². The minimum Gasteiger partial charge on any atom is -0.0999 e. The Hall–Kier alpha value is -1.30. The Morgan fingerprint density at radius 2 is 1.91 bits per heavy atom. The molecule has 0 saturated carbocycles. The van der Waals surface area contributed by atoms with E-state index in [0.717, 1.165) is 12.8 Å². The largest absolute Gasteiger partial charge is 0.0999 e. The summed E-state index contributed by atoms with van der Waals surface area (Å²) < 4.78 is 0. The lowest BCUT2D eigenvalue weighted by Gasteiger charge is -2.24. The lowest BCUT2D eigenvalue weighted by atomic mass is 9.80. The molecule has 22 heavy (non-hydrogen) atoms. The second-order valence-electron chi connectivity index (χ2n) is 7.69. The van der Waals surface area contributed by atoms with E-state index in [1.165, 1.54) is 22.3 Å². The van der Waals surface area contributed by atoms with E-state index in [0.29, 0.717) is 29.6 Å². The van der Waals surface area contributed by atoms with Crippen molar-refractivity contribution in [2.75, 3.05) is 0 Å². The third kappa shape index (κ3) is 3.72. The highest BCUT2D eigenvalue weighted by molar-refractivity contribution is 5.33. The molecule has 120 valence electrons. The van der Waals surface area contributed by atoms with Crippen molar-refractivity contribution < 1.29 is 0 Å². The Labute approximate surface area is 137 Å². The fraction of sp³-hybridized carbons (Fsp3) is 0.545.